The lowest BCUT2D eigenvalue weighted by atomic mass is 9.94. The number of nitrogens with zero attached hydrogens (tertiary/aromatic N) is 2. The first-order chi connectivity index (χ1) is 21.8. The van der Waals surface area contributed by atoms with Crippen LogP contribution >= 0.6 is 0 Å². The zero-order valence-electron chi connectivity index (χ0n) is 25.8. The molecule has 1 saturated carbocycles. The van der Waals surface area contributed by atoms with E-state index in [0.717, 1.165) is 53.1 Å². The zero-order chi connectivity index (χ0) is 31.4. The van der Waals surface area contributed by atoms with E-state index in [4.69, 9.17) is 0 Å². The Morgan fingerprint density at radius 1 is 0.889 bits per heavy atom. The highest BCUT2D eigenvalue weighted by atomic mass is 32.2. The quantitative estimate of drug-likeness (QED) is 0.206. The Kier molecular flexibility index (Phi) is 9.21. The second kappa shape index (κ2) is 13.4. The molecule has 4 aromatic carbocycles. The molecule has 0 spiro atoms. The van der Waals surface area contributed by atoms with Gasteiger partial charge in [0.15, 0.2) is 0 Å². The molecule has 1 heterocycles. The number of rotatable bonds is 11. The summed E-state index contributed by atoms with van der Waals surface area (Å²) in [4.78, 5) is 30.3. The summed E-state index contributed by atoms with van der Waals surface area (Å²) >= 11 is 0. The van der Waals surface area contributed by atoms with E-state index in [1.807, 2.05) is 85.8 Å². The first-order valence-corrected chi connectivity index (χ1v) is 17.5. The van der Waals surface area contributed by atoms with Crippen molar-refractivity contribution in [3.8, 4) is 0 Å². The summed E-state index contributed by atoms with van der Waals surface area (Å²) in [6.45, 7) is 2.49. The fraction of sp³-hybridized carbons (Fsp3) is 0.351. The van der Waals surface area contributed by atoms with Gasteiger partial charge < -0.3 is 10.2 Å². The van der Waals surface area contributed by atoms with E-state index < -0.39 is 16.1 Å². The van der Waals surface area contributed by atoms with Gasteiger partial charge in [-0.25, -0.2) is 8.42 Å². The Bertz CT molecular complexity index is 1780. The fourth-order valence-electron chi connectivity index (χ4n) is 6.79. The van der Waals surface area contributed by atoms with Crippen molar-refractivity contribution >= 4 is 38.3 Å². The summed E-state index contributed by atoms with van der Waals surface area (Å²) in [7, 11) is -3.71. The Morgan fingerprint density at radius 2 is 1.60 bits per heavy atom. The van der Waals surface area contributed by atoms with Crippen molar-refractivity contribution in [3.63, 3.8) is 0 Å². The molecule has 8 heteroatoms. The Balaban J connectivity index is 1.25. The van der Waals surface area contributed by atoms with Gasteiger partial charge in [0.05, 0.1) is 10.6 Å². The largest absolute Gasteiger partial charge is 0.352 e. The smallest absolute Gasteiger partial charge is 0.265 e. The first-order valence-electron chi connectivity index (χ1n) is 16.1. The molecule has 0 radical (unpaired) electrons. The molecule has 2 amide bonds. The van der Waals surface area contributed by atoms with Gasteiger partial charge in [0.1, 0.15) is 6.04 Å². The predicted octanol–water partition coefficient (Wildman–Crippen LogP) is 6.53. The lowest BCUT2D eigenvalue weighted by Gasteiger charge is -2.34. The van der Waals surface area contributed by atoms with E-state index in [-0.39, 0.29) is 30.8 Å². The van der Waals surface area contributed by atoms with Crippen LogP contribution in [0.15, 0.2) is 95.9 Å². The molecule has 45 heavy (non-hydrogen) atoms. The molecule has 1 atom stereocenters. The minimum Gasteiger partial charge on any atom is -0.352 e. The molecule has 1 aliphatic carbocycles. The summed E-state index contributed by atoms with van der Waals surface area (Å²) in [5, 5.41) is 4.90. The van der Waals surface area contributed by atoms with Crippen LogP contribution in [0.1, 0.15) is 61.6 Å². The molecule has 7 nitrogen and oxygen atoms in total. The van der Waals surface area contributed by atoms with Crippen LogP contribution in [0.2, 0.25) is 0 Å². The number of sulfonamides is 1. The number of amides is 2. The molecule has 2 aliphatic rings. The van der Waals surface area contributed by atoms with E-state index >= 15 is 0 Å². The molecule has 0 saturated heterocycles. The second-order valence-electron chi connectivity index (χ2n) is 12.3. The van der Waals surface area contributed by atoms with Gasteiger partial charge in [-0.15, -0.1) is 0 Å². The number of hydrogen-bond acceptors (Lipinski definition) is 4. The van der Waals surface area contributed by atoms with Crippen LogP contribution in [-0.4, -0.2) is 43.8 Å². The van der Waals surface area contributed by atoms with Crippen molar-refractivity contribution in [2.75, 3.05) is 10.8 Å². The van der Waals surface area contributed by atoms with Crippen LogP contribution < -0.4 is 9.62 Å². The van der Waals surface area contributed by atoms with Gasteiger partial charge in [0.2, 0.25) is 11.8 Å². The summed E-state index contributed by atoms with van der Waals surface area (Å²) in [5.41, 5.74) is 3.67. The van der Waals surface area contributed by atoms with Gasteiger partial charge in [-0.2, -0.15) is 0 Å². The van der Waals surface area contributed by atoms with Crippen molar-refractivity contribution < 1.29 is 18.0 Å². The summed E-state index contributed by atoms with van der Waals surface area (Å²) in [6.07, 6.45) is 6.12. The van der Waals surface area contributed by atoms with Crippen LogP contribution in [0.3, 0.4) is 0 Å². The van der Waals surface area contributed by atoms with Crippen molar-refractivity contribution in [2.24, 2.45) is 0 Å². The molecule has 1 fully saturated rings. The van der Waals surface area contributed by atoms with E-state index in [2.05, 4.69) is 5.32 Å². The molecule has 6 rings (SSSR count). The van der Waals surface area contributed by atoms with Crippen LogP contribution in [0.25, 0.3) is 10.8 Å². The highest BCUT2D eigenvalue weighted by Gasteiger charge is 2.36. The maximum Gasteiger partial charge on any atom is 0.265 e. The Morgan fingerprint density at radius 3 is 2.36 bits per heavy atom. The maximum atomic E-state index is 14.2. The average Bonchev–Trinajstić information content (AvgIpc) is 3.27. The topological polar surface area (TPSA) is 86.8 Å². The Labute approximate surface area is 266 Å². The minimum atomic E-state index is -3.71. The van der Waals surface area contributed by atoms with Crippen molar-refractivity contribution in [1.82, 2.24) is 10.2 Å². The van der Waals surface area contributed by atoms with Crippen molar-refractivity contribution in [1.29, 1.82) is 0 Å². The lowest BCUT2D eigenvalue weighted by Crippen LogP contribution is -2.53. The average molecular weight is 624 g/mol. The van der Waals surface area contributed by atoms with Crippen molar-refractivity contribution in [2.45, 2.75) is 81.8 Å². The molecule has 234 valence electrons. The van der Waals surface area contributed by atoms with Gasteiger partial charge in [-0.05, 0) is 60.4 Å². The number of anilines is 1. The Hall–Kier alpha value is -4.17. The van der Waals surface area contributed by atoms with Gasteiger partial charge in [-0.1, -0.05) is 98.1 Å². The lowest BCUT2D eigenvalue weighted by molar-refractivity contribution is -0.141. The van der Waals surface area contributed by atoms with Crippen LogP contribution in [0.4, 0.5) is 5.69 Å². The van der Waals surface area contributed by atoms with Gasteiger partial charge in [0.25, 0.3) is 10.0 Å². The van der Waals surface area contributed by atoms with Crippen LogP contribution in [0.5, 0.6) is 0 Å². The first kappa shape index (κ1) is 30.8. The standard InChI is InChI=1S/C37H41N3O4S/c1-27-13-8-9-16-30(27)26-39(33(25-28-14-4-2-5-15-28)37(42)38-31-19-6-3-7-20-31)35(41)23-12-24-40-32-21-10-17-29-18-11-22-34(36(29)32)45(40,43)44/h2,4-5,8-11,13-18,21-22,31,33H,3,6-7,12,19-20,23-26H2,1H3,(H,38,42)/t33-/m0/s1. The minimum absolute atomic E-state index is 0.115. The maximum absolute atomic E-state index is 14.2. The number of benzene rings is 4. The molecule has 1 aliphatic heterocycles. The van der Waals surface area contributed by atoms with Crippen LogP contribution in [-0.2, 0) is 32.6 Å². The summed E-state index contributed by atoms with van der Waals surface area (Å²) < 4.78 is 28.5. The van der Waals surface area contributed by atoms with Gasteiger partial charge >= 0.3 is 0 Å². The normalized spacial score (nSPS) is 16.4. The number of nitrogens with one attached hydrogen (secondary N) is 1. The van der Waals surface area contributed by atoms with E-state index in [9.17, 15) is 18.0 Å². The number of carbonyl (C=O) groups excluding carboxylic acids is 2. The van der Waals surface area contributed by atoms with Crippen molar-refractivity contribution in [3.05, 3.63) is 108 Å². The highest BCUT2D eigenvalue weighted by Crippen LogP contribution is 2.42. The number of aryl methyl sites for hydroxylation is 1. The molecule has 0 aromatic heterocycles. The molecule has 1 N–H and O–H groups in total. The summed E-state index contributed by atoms with van der Waals surface area (Å²) in [6, 6.07) is 28.1. The second-order valence-corrected chi connectivity index (χ2v) is 14.1. The number of carbonyl (C=O) groups is 2. The third-order valence-electron chi connectivity index (χ3n) is 9.26. The van der Waals surface area contributed by atoms with Crippen LogP contribution in [0, 0.1) is 6.92 Å². The van der Waals surface area contributed by atoms with E-state index in [1.165, 1.54) is 10.7 Å². The monoisotopic (exact) mass is 623 g/mol. The summed E-state index contributed by atoms with van der Waals surface area (Å²) in [5.74, 6) is -0.290. The SMILES string of the molecule is Cc1ccccc1CN(C(=O)CCCN1c2cccc3cccc(c23)S1(=O)=O)[C@@H](Cc1ccccc1)C(=O)NC1CCCCC1. The predicted molar refractivity (Wildman–Crippen MR) is 178 cm³/mol. The molecular formula is C37H41N3O4S. The number of hydrogen-bond donors (Lipinski definition) is 1. The molecule has 0 unspecified atom stereocenters. The van der Waals surface area contributed by atoms with Gasteiger partial charge in [0, 0.05) is 37.4 Å². The molecular weight excluding hydrogens is 582 g/mol. The molecule has 0 bridgehead atoms. The third kappa shape index (κ3) is 6.61. The van der Waals surface area contributed by atoms with Gasteiger partial charge in [-0.3, -0.25) is 13.9 Å². The third-order valence-corrected chi connectivity index (χ3v) is 11.1. The fourth-order valence-corrected chi connectivity index (χ4v) is 8.53. The zero-order valence-corrected chi connectivity index (χ0v) is 26.6. The highest BCUT2D eigenvalue weighted by molar-refractivity contribution is 7.93. The van der Waals surface area contributed by atoms with E-state index in [0.29, 0.717) is 30.0 Å². The molecule has 4 aromatic rings. The van der Waals surface area contributed by atoms with E-state index in [1.54, 1.807) is 17.0 Å².